The Morgan fingerprint density at radius 1 is 1.08 bits per heavy atom. The SMILES string of the molecule is COc1ccc([C@@H](C)NC(=O)/C=C/c2ccc3c(c2)OCO3)cc1OC. The molecule has 0 aromatic heterocycles. The molecule has 0 aliphatic carbocycles. The van der Waals surface area contributed by atoms with Crippen LogP contribution in [0.2, 0.25) is 0 Å². The maximum atomic E-state index is 12.2. The van der Waals surface area contributed by atoms with Crippen molar-refractivity contribution < 1.29 is 23.7 Å². The Balaban J connectivity index is 1.64. The first kappa shape index (κ1) is 17.7. The highest BCUT2D eigenvalue weighted by Crippen LogP contribution is 2.33. The van der Waals surface area contributed by atoms with Gasteiger partial charge in [0.1, 0.15) is 0 Å². The molecule has 136 valence electrons. The number of ether oxygens (including phenoxy) is 4. The lowest BCUT2D eigenvalue weighted by Gasteiger charge is -2.15. The molecule has 6 heteroatoms. The number of carbonyl (C=O) groups is 1. The van der Waals surface area contributed by atoms with Crippen LogP contribution in [0, 0.1) is 0 Å². The van der Waals surface area contributed by atoms with Crippen LogP contribution in [0.5, 0.6) is 23.0 Å². The fourth-order valence-corrected chi connectivity index (χ4v) is 2.66. The number of methoxy groups -OCH3 is 2. The molecular weight excluding hydrogens is 334 g/mol. The maximum Gasteiger partial charge on any atom is 0.244 e. The van der Waals surface area contributed by atoms with E-state index >= 15 is 0 Å². The number of fused-ring (bicyclic) bond motifs is 1. The lowest BCUT2D eigenvalue weighted by Crippen LogP contribution is -2.24. The van der Waals surface area contributed by atoms with E-state index in [1.807, 2.05) is 43.3 Å². The van der Waals surface area contributed by atoms with Crippen LogP contribution >= 0.6 is 0 Å². The number of hydrogen-bond acceptors (Lipinski definition) is 5. The Bertz CT molecular complexity index is 831. The smallest absolute Gasteiger partial charge is 0.244 e. The molecule has 0 saturated carbocycles. The topological polar surface area (TPSA) is 66.0 Å². The minimum atomic E-state index is -0.190. The third-order valence-corrected chi connectivity index (χ3v) is 4.09. The summed E-state index contributed by atoms with van der Waals surface area (Å²) >= 11 is 0. The Kier molecular flexibility index (Phi) is 5.31. The molecule has 1 aliphatic heterocycles. The van der Waals surface area contributed by atoms with Crippen LogP contribution in [0.4, 0.5) is 0 Å². The zero-order valence-corrected chi connectivity index (χ0v) is 14.9. The Labute approximate surface area is 152 Å². The fourth-order valence-electron chi connectivity index (χ4n) is 2.66. The highest BCUT2D eigenvalue weighted by molar-refractivity contribution is 5.92. The standard InChI is InChI=1S/C20H21NO5/c1-13(15-6-8-16(23-2)18(11-15)24-3)21-20(22)9-5-14-4-7-17-19(10-14)26-12-25-17/h4-11,13H,12H2,1-3H3,(H,21,22)/b9-5+/t13-/m1/s1. The second-order valence-corrected chi connectivity index (χ2v) is 5.79. The highest BCUT2D eigenvalue weighted by Gasteiger charge is 2.13. The maximum absolute atomic E-state index is 12.2. The normalized spacial score (nSPS) is 13.5. The van der Waals surface area contributed by atoms with Gasteiger partial charge in [-0.05, 0) is 48.4 Å². The third kappa shape index (κ3) is 3.91. The summed E-state index contributed by atoms with van der Waals surface area (Å²) in [7, 11) is 3.17. The molecule has 3 rings (SSSR count). The van der Waals surface area contributed by atoms with Crippen molar-refractivity contribution in [1.82, 2.24) is 5.32 Å². The minimum absolute atomic E-state index is 0.177. The van der Waals surface area contributed by atoms with Crippen molar-refractivity contribution in [3.8, 4) is 23.0 Å². The summed E-state index contributed by atoms with van der Waals surface area (Å²) in [6.45, 7) is 2.14. The van der Waals surface area contributed by atoms with Crippen LogP contribution in [0.25, 0.3) is 6.08 Å². The Hall–Kier alpha value is -3.15. The molecule has 0 spiro atoms. The van der Waals surface area contributed by atoms with Crippen LogP contribution in [0.3, 0.4) is 0 Å². The summed E-state index contributed by atoms with van der Waals surface area (Å²) < 4.78 is 21.1. The first-order chi connectivity index (χ1) is 12.6. The fraction of sp³-hybridized carbons (Fsp3) is 0.250. The van der Waals surface area contributed by atoms with Gasteiger partial charge in [-0.15, -0.1) is 0 Å². The molecule has 6 nitrogen and oxygen atoms in total. The number of rotatable bonds is 6. The first-order valence-corrected chi connectivity index (χ1v) is 8.21. The summed E-state index contributed by atoms with van der Waals surface area (Å²) in [5.41, 5.74) is 1.79. The third-order valence-electron chi connectivity index (χ3n) is 4.09. The zero-order chi connectivity index (χ0) is 18.5. The Morgan fingerprint density at radius 3 is 2.62 bits per heavy atom. The molecular formula is C20H21NO5. The Morgan fingerprint density at radius 2 is 1.85 bits per heavy atom. The molecule has 26 heavy (non-hydrogen) atoms. The van der Waals surface area contributed by atoms with Gasteiger partial charge >= 0.3 is 0 Å². The van der Waals surface area contributed by atoms with Gasteiger partial charge in [0.2, 0.25) is 12.7 Å². The van der Waals surface area contributed by atoms with Gasteiger partial charge in [-0.3, -0.25) is 4.79 Å². The molecule has 0 radical (unpaired) electrons. The van der Waals surface area contributed by atoms with Crippen molar-refractivity contribution in [2.45, 2.75) is 13.0 Å². The molecule has 1 N–H and O–H groups in total. The summed E-state index contributed by atoms with van der Waals surface area (Å²) in [5.74, 6) is 2.49. The van der Waals surface area contributed by atoms with Crippen LogP contribution in [-0.4, -0.2) is 26.9 Å². The monoisotopic (exact) mass is 355 g/mol. The number of hydrogen-bond donors (Lipinski definition) is 1. The van der Waals surface area contributed by atoms with E-state index in [2.05, 4.69) is 5.32 Å². The van der Waals surface area contributed by atoms with Gasteiger partial charge in [0, 0.05) is 6.08 Å². The van der Waals surface area contributed by atoms with E-state index in [0.717, 1.165) is 11.1 Å². The molecule has 0 unspecified atom stereocenters. The molecule has 2 aromatic carbocycles. The highest BCUT2D eigenvalue weighted by atomic mass is 16.7. The van der Waals surface area contributed by atoms with Crippen molar-refractivity contribution in [3.63, 3.8) is 0 Å². The van der Waals surface area contributed by atoms with Crippen molar-refractivity contribution in [3.05, 3.63) is 53.6 Å². The predicted octanol–water partition coefficient (Wildman–Crippen LogP) is 3.32. The molecule has 2 aromatic rings. The van der Waals surface area contributed by atoms with E-state index < -0.39 is 0 Å². The van der Waals surface area contributed by atoms with E-state index in [1.165, 1.54) is 6.08 Å². The summed E-state index contributed by atoms with van der Waals surface area (Å²) in [4.78, 5) is 12.2. The number of carbonyl (C=O) groups excluding carboxylic acids is 1. The van der Waals surface area contributed by atoms with E-state index in [1.54, 1.807) is 20.3 Å². The molecule has 0 fully saturated rings. The molecule has 1 heterocycles. The number of amides is 1. The quantitative estimate of drug-likeness (QED) is 0.805. The largest absolute Gasteiger partial charge is 0.493 e. The summed E-state index contributed by atoms with van der Waals surface area (Å²) in [5, 5.41) is 2.93. The van der Waals surface area contributed by atoms with E-state index in [-0.39, 0.29) is 18.7 Å². The second kappa shape index (κ2) is 7.82. The van der Waals surface area contributed by atoms with Crippen molar-refractivity contribution >= 4 is 12.0 Å². The van der Waals surface area contributed by atoms with Gasteiger partial charge in [-0.1, -0.05) is 12.1 Å². The number of benzene rings is 2. The lowest BCUT2D eigenvalue weighted by molar-refractivity contribution is -0.117. The molecule has 1 amide bonds. The van der Waals surface area contributed by atoms with Crippen LogP contribution < -0.4 is 24.3 Å². The van der Waals surface area contributed by atoms with Crippen LogP contribution in [0.1, 0.15) is 24.1 Å². The van der Waals surface area contributed by atoms with Crippen LogP contribution in [0.15, 0.2) is 42.5 Å². The van der Waals surface area contributed by atoms with Crippen molar-refractivity contribution in [1.29, 1.82) is 0 Å². The first-order valence-electron chi connectivity index (χ1n) is 8.21. The minimum Gasteiger partial charge on any atom is -0.493 e. The van der Waals surface area contributed by atoms with Gasteiger partial charge < -0.3 is 24.3 Å². The molecule has 1 aliphatic rings. The molecule has 1 atom stereocenters. The van der Waals surface area contributed by atoms with Gasteiger partial charge in [0.15, 0.2) is 23.0 Å². The van der Waals surface area contributed by atoms with Crippen molar-refractivity contribution in [2.75, 3.05) is 21.0 Å². The zero-order valence-electron chi connectivity index (χ0n) is 14.9. The number of nitrogens with one attached hydrogen (secondary N) is 1. The lowest BCUT2D eigenvalue weighted by atomic mass is 10.1. The summed E-state index contributed by atoms with van der Waals surface area (Å²) in [6, 6.07) is 10.9. The van der Waals surface area contributed by atoms with E-state index in [0.29, 0.717) is 23.0 Å². The van der Waals surface area contributed by atoms with Gasteiger partial charge in [-0.2, -0.15) is 0 Å². The van der Waals surface area contributed by atoms with E-state index in [4.69, 9.17) is 18.9 Å². The molecule has 0 bridgehead atoms. The van der Waals surface area contributed by atoms with Crippen molar-refractivity contribution in [2.24, 2.45) is 0 Å². The van der Waals surface area contributed by atoms with Gasteiger partial charge in [0.25, 0.3) is 0 Å². The second-order valence-electron chi connectivity index (χ2n) is 5.79. The average molecular weight is 355 g/mol. The van der Waals surface area contributed by atoms with E-state index in [9.17, 15) is 4.79 Å². The van der Waals surface area contributed by atoms with Gasteiger partial charge in [0.05, 0.1) is 20.3 Å². The summed E-state index contributed by atoms with van der Waals surface area (Å²) in [6.07, 6.45) is 3.23. The van der Waals surface area contributed by atoms with Gasteiger partial charge in [-0.25, -0.2) is 0 Å². The predicted molar refractivity (Wildman–Crippen MR) is 97.7 cm³/mol. The van der Waals surface area contributed by atoms with Crippen LogP contribution in [-0.2, 0) is 4.79 Å². The average Bonchev–Trinajstić information content (AvgIpc) is 3.13. The molecule has 0 saturated heterocycles.